The number of methoxy groups -OCH3 is 2. The van der Waals surface area contributed by atoms with E-state index in [-0.39, 0.29) is 0 Å². The third-order valence-electron chi connectivity index (χ3n) is 6.17. The van der Waals surface area contributed by atoms with E-state index >= 15 is 0 Å². The van der Waals surface area contributed by atoms with Gasteiger partial charge < -0.3 is 14.2 Å². The first kappa shape index (κ1) is 18.1. The summed E-state index contributed by atoms with van der Waals surface area (Å²) in [5.74, 6) is 3.36. The van der Waals surface area contributed by atoms with E-state index in [1.165, 1.54) is 22.3 Å². The summed E-state index contributed by atoms with van der Waals surface area (Å²) in [5.41, 5.74) is 6.29. The van der Waals surface area contributed by atoms with Gasteiger partial charge in [0.05, 0.1) is 14.2 Å². The van der Waals surface area contributed by atoms with Crippen LogP contribution in [0.5, 0.6) is 23.0 Å². The Morgan fingerprint density at radius 3 is 2.52 bits per heavy atom. The minimum Gasteiger partial charge on any atom is -0.493 e. The van der Waals surface area contributed by atoms with Crippen molar-refractivity contribution in [3.05, 3.63) is 71.3 Å². The zero-order valence-electron chi connectivity index (χ0n) is 17.1. The number of benzene rings is 3. The summed E-state index contributed by atoms with van der Waals surface area (Å²) in [4.78, 5) is 2.44. The summed E-state index contributed by atoms with van der Waals surface area (Å²) in [7, 11) is 5.64. The Bertz CT molecular complexity index is 1060. The van der Waals surface area contributed by atoms with Gasteiger partial charge in [-0.05, 0) is 60.8 Å². The minimum atomic E-state index is 0.307. The maximum Gasteiger partial charge on any atom is 0.168 e. The summed E-state index contributed by atoms with van der Waals surface area (Å²) in [6, 6.07) is 18.7. The smallest absolute Gasteiger partial charge is 0.168 e. The Morgan fingerprint density at radius 2 is 1.76 bits per heavy atom. The first-order valence-corrected chi connectivity index (χ1v) is 10.0. The van der Waals surface area contributed by atoms with Crippen molar-refractivity contribution in [3.63, 3.8) is 0 Å². The summed E-state index contributed by atoms with van der Waals surface area (Å²) < 4.78 is 17.9. The molecule has 2 aliphatic rings. The molecule has 3 aromatic rings. The van der Waals surface area contributed by atoms with Gasteiger partial charge in [0.1, 0.15) is 11.5 Å². The fraction of sp³-hybridized carbons (Fsp3) is 0.280. The second-order valence-electron chi connectivity index (χ2n) is 7.71. The molecule has 0 fully saturated rings. The fourth-order valence-corrected chi connectivity index (χ4v) is 4.76. The highest BCUT2D eigenvalue weighted by atomic mass is 16.5. The van der Waals surface area contributed by atoms with Crippen LogP contribution in [0.2, 0.25) is 0 Å². The van der Waals surface area contributed by atoms with Gasteiger partial charge in [-0.3, -0.25) is 4.90 Å². The lowest BCUT2D eigenvalue weighted by Crippen LogP contribution is -2.35. The fourth-order valence-electron chi connectivity index (χ4n) is 4.76. The molecule has 0 N–H and O–H groups in total. The zero-order valence-corrected chi connectivity index (χ0v) is 17.1. The molecule has 0 saturated carbocycles. The lowest BCUT2D eigenvalue weighted by molar-refractivity contribution is 0.225. The predicted octanol–water partition coefficient (Wildman–Crippen LogP) is 5.25. The number of nitrogens with zero attached hydrogens (tertiary/aromatic N) is 1. The van der Waals surface area contributed by atoms with Crippen molar-refractivity contribution < 1.29 is 14.2 Å². The van der Waals surface area contributed by atoms with Crippen LogP contribution < -0.4 is 14.2 Å². The average Bonchev–Trinajstić information content (AvgIpc) is 2.76. The van der Waals surface area contributed by atoms with Gasteiger partial charge in [0, 0.05) is 23.7 Å². The first-order valence-electron chi connectivity index (χ1n) is 10.0. The third kappa shape index (κ3) is 2.87. The lowest BCUT2D eigenvalue weighted by Gasteiger charge is -2.40. The van der Waals surface area contributed by atoms with Crippen molar-refractivity contribution in [2.75, 3.05) is 27.8 Å². The number of hydrogen-bond donors (Lipinski definition) is 0. The van der Waals surface area contributed by atoms with Crippen LogP contribution in [-0.4, -0.2) is 32.7 Å². The van der Waals surface area contributed by atoms with Gasteiger partial charge in [-0.25, -0.2) is 0 Å². The topological polar surface area (TPSA) is 30.9 Å². The molecule has 0 bridgehead atoms. The van der Waals surface area contributed by atoms with E-state index in [4.69, 9.17) is 14.2 Å². The third-order valence-corrected chi connectivity index (χ3v) is 6.17. The number of likely N-dealkylation sites (N-methyl/N-ethyl adjacent to an activating group) is 1. The van der Waals surface area contributed by atoms with Gasteiger partial charge in [0.2, 0.25) is 0 Å². The minimum absolute atomic E-state index is 0.307. The number of para-hydroxylation sites is 1. The van der Waals surface area contributed by atoms with Crippen molar-refractivity contribution >= 4 is 0 Å². The highest BCUT2D eigenvalue weighted by Gasteiger charge is 2.37. The molecule has 1 aliphatic carbocycles. The van der Waals surface area contributed by atoms with E-state index in [2.05, 4.69) is 36.2 Å². The Hall–Kier alpha value is -2.98. The van der Waals surface area contributed by atoms with Crippen LogP contribution >= 0.6 is 0 Å². The summed E-state index contributed by atoms with van der Waals surface area (Å²) in [5, 5.41) is 0. The molecule has 29 heavy (non-hydrogen) atoms. The van der Waals surface area contributed by atoms with Gasteiger partial charge in [0.15, 0.2) is 11.5 Å². The van der Waals surface area contributed by atoms with Crippen molar-refractivity contribution in [2.24, 2.45) is 0 Å². The predicted molar refractivity (Wildman–Crippen MR) is 114 cm³/mol. The highest BCUT2D eigenvalue weighted by molar-refractivity contribution is 5.84. The number of hydrogen-bond acceptors (Lipinski definition) is 4. The molecule has 1 unspecified atom stereocenters. The molecule has 0 radical (unpaired) electrons. The van der Waals surface area contributed by atoms with Crippen LogP contribution in [0.15, 0.2) is 54.6 Å². The lowest BCUT2D eigenvalue weighted by atomic mass is 9.76. The molecule has 1 aliphatic heterocycles. The molecule has 4 heteroatoms. The largest absolute Gasteiger partial charge is 0.493 e. The van der Waals surface area contributed by atoms with Gasteiger partial charge >= 0.3 is 0 Å². The Labute approximate surface area is 171 Å². The van der Waals surface area contributed by atoms with E-state index in [1.54, 1.807) is 14.2 Å². The molecule has 0 amide bonds. The maximum absolute atomic E-state index is 6.31. The molecule has 1 heterocycles. The molecule has 148 valence electrons. The maximum atomic E-state index is 6.31. The molecular formula is C25H25NO3. The molecule has 4 nitrogen and oxygen atoms in total. The van der Waals surface area contributed by atoms with Crippen LogP contribution in [0.4, 0.5) is 0 Å². The van der Waals surface area contributed by atoms with Crippen molar-refractivity contribution in [1.82, 2.24) is 4.90 Å². The van der Waals surface area contributed by atoms with E-state index in [0.29, 0.717) is 6.04 Å². The summed E-state index contributed by atoms with van der Waals surface area (Å²) in [6.07, 6.45) is 1.94. The highest BCUT2D eigenvalue weighted by Crippen LogP contribution is 2.53. The molecular weight excluding hydrogens is 362 g/mol. The monoisotopic (exact) mass is 387 g/mol. The van der Waals surface area contributed by atoms with E-state index in [0.717, 1.165) is 47.9 Å². The number of ether oxygens (including phenoxy) is 3. The molecule has 5 rings (SSSR count). The average molecular weight is 387 g/mol. The van der Waals surface area contributed by atoms with Gasteiger partial charge in [-0.2, -0.15) is 0 Å². The van der Waals surface area contributed by atoms with Crippen LogP contribution in [0.1, 0.15) is 22.7 Å². The van der Waals surface area contributed by atoms with Gasteiger partial charge in [0.25, 0.3) is 0 Å². The molecule has 0 aromatic heterocycles. The Kier molecular flexibility index (Phi) is 4.44. The van der Waals surface area contributed by atoms with E-state index in [1.807, 2.05) is 30.3 Å². The summed E-state index contributed by atoms with van der Waals surface area (Å²) in [6.45, 7) is 1.03. The van der Waals surface area contributed by atoms with Crippen LogP contribution in [0.3, 0.4) is 0 Å². The number of rotatable bonds is 4. The van der Waals surface area contributed by atoms with Gasteiger partial charge in [-0.1, -0.05) is 30.3 Å². The molecule has 0 saturated heterocycles. The molecule has 0 spiro atoms. The first-order chi connectivity index (χ1) is 14.2. The SMILES string of the molecule is COc1cc2c3c(c1OC)-c1cccc(Oc4ccccc4)c1CC3N(C)CC2. The standard InChI is InChI=1S/C25H25NO3/c1-26-13-12-16-14-22(27-2)25(28-3)24-18-10-7-11-21(19(18)15-20(26)23(16)24)29-17-8-5-4-6-9-17/h4-11,14,20H,12-13,15H2,1-3H3. The van der Waals surface area contributed by atoms with Crippen molar-refractivity contribution in [2.45, 2.75) is 18.9 Å². The van der Waals surface area contributed by atoms with Crippen molar-refractivity contribution in [3.8, 4) is 34.1 Å². The summed E-state index contributed by atoms with van der Waals surface area (Å²) >= 11 is 0. The molecule has 1 atom stereocenters. The van der Waals surface area contributed by atoms with E-state index < -0.39 is 0 Å². The Balaban J connectivity index is 1.74. The zero-order chi connectivity index (χ0) is 20.0. The van der Waals surface area contributed by atoms with Crippen LogP contribution in [0, 0.1) is 0 Å². The molecule has 3 aromatic carbocycles. The Morgan fingerprint density at radius 1 is 0.931 bits per heavy atom. The van der Waals surface area contributed by atoms with E-state index in [9.17, 15) is 0 Å². The van der Waals surface area contributed by atoms with Crippen LogP contribution in [-0.2, 0) is 12.8 Å². The quantitative estimate of drug-likeness (QED) is 0.612. The van der Waals surface area contributed by atoms with Gasteiger partial charge in [-0.15, -0.1) is 0 Å². The number of fused-ring (bicyclic) bond motifs is 2. The van der Waals surface area contributed by atoms with Crippen molar-refractivity contribution in [1.29, 1.82) is 0 Å². The second-order valence-corrected chi connectivity index (χ2v) is 7.71. The normalized spacial score (nSPS) is 17.3. The van der Waals surface area contributed by atoms with Crippen LogP contribution in [0.25, 0.3) is 11.1 Å². The second kappa shape index (κ2) is 7.12.